The summed E-state index contributed by atoms with van der Waals surface area (Å²) < 4.78 is 1.37. The van der Waals surface area contributed by atoms with Gasteiger partial charge in [0.05, 0.1) is 11.1 Å². The zero-order valence-corrected chi connectivity index (χ0v) is 10.6. The molecule has 1 aromatic heterocycles. The predicted molar refractivity (Wildman–Crippen MR) is 69.0 cm³/mol. The number of hydrogen-bond acceptors (Lipinski definition) is 5. The molecule has 0 saturated carbocycles. The standard InChI is InChI=1S/C12H17N3O4/c16-9-10-3-4-13(7-10)5-6-14-8-11(15(18)19)1-2-12(14)17/h1-2,8,10,16H,3-7,9H2. The monoisotopic (exact) mass is 267 g/mol. The third-order valence-electron chi connectivity index (χ3n) is 3.46. The van der Waals surface area contributed by atoms with Crippen LogP contribution in [0.2, 0.25) is 0 Å². The Hall–Kier alpha value is -1.73. The number of rotatable bonds is 5. The van der Waals surface area contributed by atoms with Crippen LogP contribution in [-0.4, -0.2) is 45.7 Å². The molecule has 0 radical (unpaired) electrons. The van der Waals surface area contributed by atoms with Gasteiger partial charge in [-0.25, -0.2) is 0 Å². The first-order chi connectivity index (χ1) is 9.10. The molecule has 1 aromatic rings. The van der Waals surface area contributed by atoms with Gasteiger partial charge in [0.1, 0.15) is 0 Å². The van der Waals surface area contributed by atoms with E-state index >= 15 is 0 Å². The van der Waals surface area contributed by atoms with E-state index in [9.17, 15) is 14.9 Å². The summed E-state index contributed by atoms with van der Waals surface area (Å²) in [7, 11) is 0. The minimum absolute atomic E-state index is 0.0748. The van der Waals surface area contributed by atoms with Crippen molar-refractivity contribution in [3.05, 3.63) is 38.8 Å². The molecule has 7 nitrogen and oxygen atoms in total. The van der Waals surface area contributed by atoms with E-state index in [1.807, 2.05) is 0 Å². The smallest absolute Gasteiger partial charge is 0.285 e. The SMILES string of the molecule is O=c1ccc([N+](=O)[O-])cn1CCN1CCC(CO)C1. The molecule has 104 valence electrons. The molecule has 0 aliphatic carbocycles. The molecule has 1 aliphatic heterocycles. The second-order valence-corrected chi connectivity index (χ2v) is 4.81. The first-order valence-corrected chi connectivity index (χ1v) is 6.28. The van der Waals surface area contributed by atoms with E-state index in [1.165, 1.54) is 22.9 Å². The molecular formula is C12H17N3O4. The van der Waals surface area contributed by atoms with Gasteiger partial charge >= 0.3 is 0 Å². The number of aromatic nitrogens is 1. The number of nitro groups is 1. The van der Waals surface area contributed by atoms with Crippen molar-refractivity contribution in [2.45, 2.75) is 13.0 Å². The minimum atomic E-state index is -0.506. The predicted octanol–water partition coefficient (Wildman–Crippen LogP) is 0.0707. The Morgan fingerprint density at radius 2 is 2.21 bits per heavy atom. The number of aliphatic hydroxyl groups is 1. The average Bonchev–Trinajstić information content (AvgIpc) is 2.85. The Bertz CT molecular complexity index is 514. The fourth-order valence-corrected chi connectivity index (χ4v) is 2.32. The lowest BCUT2D eigenvalue weighted by Gasteiger charge is -2.16. The van der Waals surface area contributed by atoms with E-state index in [4.69, 9.17) is 5.11 Å². The van der Waals surface area contributed by atoms with Crippen molar-refractivity contribution >= 4 is 5.69 Å². The molecule has 0 bridgehead atoms. The number of aliphatic hydroxyl groups excluding tert-OH is 1. The fourth-order valence-electron chi connectivity index (χ4n) is 2.32. The van der Waals surface area contributed by atoms with E-state index in [0.29, 0.717) is 19.0 Å². The van der Waals surface area contributed by atoms with Crippen LogP contribution in [0.25, 0.3) is 0 Å². The van der Waals surface area contributed by atoms with E-state index in [0.717, 1.165) is 19.5 Å². The Balaban J connectivity index is 1.98. The van der Waals surface area contributed by atoms with Crippen LogP contribution in [0, 0.1) is 16.0 Å². The Morgan fingerprint density at radius 3 is 2.84 bits per heavy atom. The maximum Gasteiger partial charge on any atom is 0.285 e. The van der Waals surface area contributed by atoms with Gasteiger partial charge in [-0.05, 0) is 18.9 Å². The Labute approximate surface area is 110 Å². The number of hydrogen-bond donors (Lipinski definition) is 1. The van der Waals surface area contributed by atoms with E-state index in [2.05, 4.69) is 4.90 Å². The number of nitrogens with zero attached hydrogens (tertiary/aromatic N) is 3. The summed E-state index contributed by atoms with van der Waals surface area (Å²) in [6.45, 7) is 3.00. The molecule has 1 N–H and O–H groups in total. The van der Waals surface area contributed by atoms with Crippen LogP contribution in [0.4, 0.5) is 5.69 Å². The molecule has 2 heterocycles. The lowest BCUT2D eigenvalue weighted by molar-refractivity contribution is -0.385. The van der Waals surface area contributed by atoms with Gasteiger partial charge in [-0.2, -0.15) is 0 Å². The molecule has 19 heavy (non-hydrogen) atoms. The molecular weight excluding hydrogens is 250 g/mol. The molecule has 2 rings (SSSR count). The molecule has 7 heteroatoms. The van der Waals surface area contributed by atoms with Crippen LogP contribution in [0.1, 0.15) is 6.42 Å². The highest BCUT2D eigenvalue weighted by atomic mass is 16.6. The second kappa shape index (κ2) is 5.94. The zero-order valence-electron chi connectivity index (χ0n) is 10.6. The van der Waals surface area contributed by atoms with Crippen molar-refractivity contribution in [3.8, 4) is 0 Å². The maximum absolute atomic E-state index is 11.6. The van der Waals surface area contributed by atoms with Gasteiger partial charge in [0, 0.05) is 38.4 Å². The quantitative estimate of drug-likeness (QED) is 0.602. The number of pyridine rings is 1. The summed E-state index contributed by atoms with van der Waals surface area (Å²) in [6.07, 6.45) is 2.24. The van der Waals surface area contributed by atoms with Gasteiger partial charge in [-0.1, -0.05) is 0 Å². The van der Waals surface area contributed by atoms with Gasteiger partial charge in [-0.3, -0.25) is 14.9 Å². The Morgan fingerprint density at radius 1 is 1.42 bits per heavy atom. The third kappa shape index (κ3) is 3.39. The maximum atomic E-state index is 11.6. The summed E-state index contributed by atoms with van der Waals surface area (Å²) in [4.78, 5) is 23.9. The van der Waals surface area contributed by atoms with Gasteiger partial charge in [0.2, 0.25) is 0 Å². The number of likely N-dealkylation sites (tertiary alicyclic amines) is 1. The molecule has 1 fully saturated rings. The fraction of sp³-hybridized carbons (Fsp3) is 0.583. The highest BCUT2D eigenvalue weighted by Crippen LogP contribution is 2.15. The highest BCUT2D eigenvalue weighted by Gasteiger charge is 2.21. The van der Waals surface area contributed by atoms with Crippen LogP contribution in [0.5, 0.6) is 0 Å². The topological polar surface area (TPSA) is 88.6 Å². The first-order valence-electron chi connectivity index (χ1n) is 6.28. The van der Waals surface area contributed by atoms with E-state index in [1.54, 1.807) is 0 Å². The lowest BCUT2D eigenvalue weighted by atomic mass is 10.1. The molecule has 1 unspecified atom stereocenters. The van der Waals surface area contributed by atoms with Crippen molar-refractivity contribution in [1.29, 1.82) is 0 Å². The van der Waals surface area contributed by atoms with Gasteiger partial charge in [0.25, 0.3) is 11.2 Å². The highest BCUT2D eigenvalue weighted by molar-refractivity contribution is 5.24. The van der Waals surface area contributed by atoms with Gasteiger partial charge < -0.3 is 14.6 Å². The van der Waals surface area contributed by atoms with Crippen LogP contribution in [-0.2, 0) is 6.54 Å². The molecule has 0 amide bonds. The largest absolute Gasteiger partial charge is 0.396 e. The lowest BCUT2D eigenvalue weighted by Crippen LogP contribution is -2.29. The second-order valence-electron chi connectivity index (χ2n) is 4.81. The molecule has 0 spiro atoms. The zero-order chi connectivity index (χ0) is 13.8. The summed E-state index contributed by atoms with van der Waals surface area (Å²) in [5.41, 5.74) is -0.308. The van der Waals surface area contributed by atoms with Crippen molar-refractivity contribution < 1.29 is 10.0 Å². The van der Waals surface area contributed by atoms with Crippen molar-refractivity contribution in [1.82, 2.24) is 9.47 Å². The molecule has 0 aromatic carbocycles. The van der Waals surface area contributed by atoms with Gasteiger partial charge in [0.15, 0.2) is 0 Å². The van der Waals surface area contributed by atoms with Crippen LogP contribution in [0.3, 0.4) is 0 Å². The summed E-state index contributed by atoms with van der Waals surface area (Å²) in [5.74, 6) is 0.307. The summed E-state index contributed by atoms with van der Waals surface area (Å²) >= 11 is 0. The van der Waals surface area contributed by atoms with Gasteiger partial charge in [-0.15, -0.1) is 0 Å². The van der Waals surface area contributed by atoms with Crippen LogP contribution >= 0.6 is 0 Å². The molecule has 1 atom stereocenters. The van der Waals surface area contributed by atoms with Crippen molar-refractivity contribution in [2.24, 2.45) is 5.92 Å². The third-order valence-corrected chi connectivity index (χ3v) is 3.46. The minimum Gasteiger partial charge on any atom is -0.396 e. The van der Waals surface area contributed by atoms with Crippen molar-refractivity contribution in [2.75, 3.05) is 26.2 Å². The summed E-state index contributed by atoms with van der Waals surface area (Å²) in [6, 6.07) is 2.44. The molecule has 1 saturated heterocycles. The summed E-state index contributed by atoms with van der Waals surface area (Å²) in [5, 5.41) is 19.7. The first kappa shape index (κ1) is 13.7. The molecule has 1 aliphatic rings. The average molecular weight is 267 g/mol. The van der Waals surface area contributed by atoms with Crippen molar-refractivity contribution in [3.63, 3.8) is 0 Å². The Kier molecular flexibility index (Phi) is 4.28. The van der Waals surface area contributed by atoms with Crippen LogP contribution < -0.4 is 5.56 Å². The van der Waals surface area contributed by atoms with E-state index in [-0.39, 0.29) is 17.9 Å². The van der Waals surface area contributed by atoms with Crippen LogP contribution in [0.15, 0.2) is 23.1 Å². The van der Waals surface area contributed by atoms with E-state index < -0.39 is 4.92 Å². The normalized spacial score (nSPS) is 19.7.